The Morgan fingerprint density at radius 3 is 2.00 bits per heavy atom. The highest BCUT2D eigenvalue weighted by Crippen LogP contribution is 2.25. The van der Waals surface area contributed by atoms with Gasteiger partial charge in [-0.2, -0.15) is 26.3 Å². The molecule has 0 unspecified atom stereocenters. The van der Waals surface area contributed by atoms with Crippen molar-refractivity contribution in [2.75, 3.05) is 31.8 Å². The number of ether oxygens (including phenoxy) is 2. The number of pyridine rings is 2. The van der Waals surface area contributed by atoms with Crippen molar-refractivity contribution in [2.45, 2.75) is 45.8 Å². The number of nitrogens with zero attached hydrogens (tertiary/aromatic N) is 4. The van der Waals surface area contributed by atoms with Crippen LogP contribution in [0.25, 0.3) is 0 Å². The molecule has 0 saturated heterocycles. The van der Waals surface area contributed by atoms with Crippen molar-refractivity contribution in [3.05, 3.63) is 42.2 Å². The van der Waals surface area contributed by atoms with Crippen molar-refractivity contribution in [1.29, 1.82) is 0 Å². The number of aromatic nitrogens is 2. The Morgan fingerprint density at radius 1 is 0.974 bits per heavy atom. The molecule has 0 radical (unpaired) electrons. The van der Waals surface area contributed by atoms with Gasteiger partial charge in [-0.25, -0.2) is 19.8 Å². The number of hydrazine groups is 1. The number of carbonyl (C=O) groups is 1. The fourth-order valence-electron chi connectivity index (χ4n) is 2.82. The Balaban J connectivity index is 0.00000760. The molecule has 2 heterocycles. The summed E-state index contributed by atoms with van der Waals surface area (Å²) < 4.78 is 84.1. The number of carbonyl (C=O) groups excluding carboxylic acids is 1. The molecule has 39 heavy (non-hydrogen) atoms. The van der Waals surface area contributed by atoms with Crippen LogP contribution < -0.4 is 19.8 Å². The van der Waals surface area contributed by atoms with E-state index in [2.05, 4.69) is 24.8 Å². The maximum Gasteiger partial charge on any atom is 0.422 e. The highest BCUT2D eigenvalue weighted by Gasteiger charge is 2.31. The van der Waals surface area contributed by atoms with Gasteiger partial charge in [0.2, 0.25) is 11.8 Å². The van der Waals surface area contributed by atoms with Crippen molar-refractivity contribution in [1.82, 2.24) is 20.3 Å². The average molecular weight is 590 g/mol. The topological polar surface area (TPSA) is 100 Å². The molecule has 0 saturated carbocycles. The number of aliphatic hydroxyl groups excluding tert-OH is 1. The number of urea groups is 1. The standard InChI is InChI=1S/C23H29F6N5O4.ClH/c1-21(2,3)17(35)12-34(33(4)16-6-8-31-19(10-16)38-14-23(27,28)29)20(36)32-11-15-5-7-30-18(9-15)37-13-22(24,25)26;/h5-10,17,35H,11-14H2,1-4H3,(H,32,36);1H/t17-;/m1./s1. The second-order valence-corrected chi connectivity index (χ2v) is 9.31. The van der Waals surface area contributed by atoms with Gasteiger partial charge in [-0.1, -0.05) is 20.8 Å². The molecule has 16 heteroatoms. The van der Waals surface area contributed by atoms with Gasteiger partial charge in [-0.15, -0.1) is 12.4 Å². The van der Waals surface area contributed by atoms with E-state index < -0.39 is 43.1 Å². The van der Waals surface area contributed by atoms with E-state index >= 15 is 0 Å². The number of hydrogen-bond acceptors (Lipinski definition) is 7. The lowest BCUT2D eigenvalue weighted by atomic mass is 9.89. The van der Waals surface area contributed by atoms with Crippen molar-refractivity contribution in [3.63, 3.8) is 0 Å². The zero-order valence-corrected chi connectivity index (χ0v) is 22.3. The van der Waals surface area contributed by atoms with Crippen LogP contribution in [0.1, 0.15) is 26.3 Å². The molecule has 0 spiro atoms. The first kappa shape index (κ1) is 33.8. The molecule has 2 amide bonds. The molecule has 0 fully saturated rings. The van der Waals surface area contributed by atoms with Crippen LogP contribution >= 0.6 is 12.4 Å². The number of alkyl halides is 6. The SMILES string of the molecule is CN(c1ccnc(OCC(F)(F)F)c1)N(C[C@@H](O)C(C)(C)C)C(=O)NCc1ccnc(OCC(F)(F)F)c1.Cl. The summed E-state index contributed by atoms with van der Waals surface area (Å²) in [7, 11) is 1.45. The molecular weight excluding hydrogens is 560 g/mol. The molecule has 0 aliphatic rings. The van der Waals surface area contributed by atoms with Gasteiger partial charge < -0.3 is 19.9 Å². The third-order valence-electron chi connectivity index (χ3n) is 5.04. The summed E-state index contributed by atoms with van der Waals surface area (Å²) in [5.74, 6) is -0.610. The highest BCUT2D eigenvalue weighted by molar-refractivity contribution is 5.85. The number of hydrogen-bond donors (Lipinski definition) is 2. The minimum absolute atomic E-state index is 0. The Bertz CT molecular complexity index is 1070. The molecule has 2 aromatic heterocycles. The Kier molecular flexibility index (Phi) is 11.9. The third kappa shape index (κ3) is 12.0. The summed E-state index contributed by atoms with van der Waals surface area (Å²) in [6, 6.07) is 4.61. The number of nitrogens with one attached hydrogen (secondary N) is 1. The van der Waals surface area contributed by atoms with Crippen LogP contribution in [0.15, 0.2) is 36.7 Å². The molecule has 9 nitrogen and oxygen atoms in total. The largest absolute Gasteiger partial charge is 0.468 e. The predicted molar refractivity (Wildman–Crippen MR) is 132 cm³/mol. The van der Waals surface area contributed by atoms with Gasteiger partial charge in [0, 0.05) is 38.1 Å². The Morgan fingerprint density at radius 2 is 1.49 bits per heavy atom. The Labute approximate surface area is 227 Å². The summed E-state index contributed by atoms with van der Waals surface area (Å²) in [4.78, 5) is 20.6. The summed E-state index contributed by atoms with van der Waals surface area (Å²) in [6.07, 6.45) is -7.71. The van der Waals surface area contributed by atoms with Crippen LogP contribution in [0.5, 0.6) is 11.8 Å². The van der Waals surface area contributed by atoms with E-state index in [4.69, 9.17) is 0 Å². The summed E-state index contributed by atoms with van der Waals surface area (Å²) in [6.45, 7) is 1.84. The molecule has 220 valence electrons. The van der Waals surface area contributed by atoms with E-state index in [1.807, 2.05) is 0 Å². The van der Waals surface area contributed by atoms with Crippen molar-refractivity contribution >= 4 is 24.1 Å². The molecule has 2 rings (SSSR count). The van der Waals surface area contributed by atoms with E-state index in [-0.39, 0.29) is 42.9 Å². The van der Waals surface area contributed by atoms with Crippen LogP contribution in [0.3, 0.4) is 0 Å². The zero-order valence-electron chi connectivity index (χ0n) is 21.5. The lowest BCUT2D eigenvalue weighted by Gasteiger charge is -2.37. The normalized spacial score (nSPS) is 12.7. The van der Waals surface area contributed by atoms with E-state index in [1.54, 1.807) is 20.8 Å². The predicted octanol–water partition coefficient (Wildman–Crippen LogP) is 4.75. The van der Waals surface area contributed by atoms with E-state index in [1.165, 1.54) is 48.7 Å². The first-order valence-corrected chi connectivity index (χ1v) is 11.2. The van der Waals surface area contributed by atoms with Crippen molar-refractivity contribution in [3.8, 4) is 11.8 Å². The van der Waals surface area contributed by atoms with Gasteiger partial charge in [0.25, 0.3) is 0 Å². The molecule has 1 atom stereocenters. The minimum Gasteiger partial charge on any atom is -0.468 e. The third-order valence-corrected chi connectivity index (χ3v) is 5.04. The second kappa shape index (κ2) is 13.7. The quantitative estimate of drug-likeness (QED) is 0.305. The number of aliphatic hydroxyl groups is 1. The van der Waals surface area contributed by atoms with E-state index in [9.17, 15) is 36.2 Å². The molecule has 0 bridgehead atoms. The number of amides is 2. The van der Waals surface area contributed by atoms with Gasteiger partial charge >= 0.3 is 18.4 Å². The summed E-state index contributed by atoms with van der Waals surface area (Å²) in [5, 5.41) is 15.7. The summed E-state index contributed by atoms with van der Waals surface area (Å²) in [5.41, 5.74) is -0.00885. The van der Waals surface area contributed by atoms with Crippen LogP contribution in [-0.4, -0.2) is 71.4 Å². The van der Waals surface area contributed by atoms with Gasteiger partial charge in [-0.3, -0.25) is 5.01 Å². The number of halogens is 7. The number of rotatable bonds is 10. The average Bonchev–Trinajstić information content (AvgIpc) is 2.81. The van der Waals surface area contributed by atoms with Crippen LogP contribution in [0.2, 0.25) is 0 Å². The first-order chi connectivity index (χ1) is 17.4. The molecular formula is C23H30ClF6N5O4. The lowest BCUT2D eigenvalue weighted by Crippen LogP contribution is -2.54. The second-order valence-electron chi connectivity index (χ2n) is 9.31. The molecule has 2 N–H and O–H groups in total. The smallest absolute Gasteiger partial charge is 0.422 e. The monoisotopic (exact) mass is 589 g/mol. The maximum absolute atomic E-state index is 13.1. The van der Waals surface area contributed by atoms with Crippen molar-refractivity contribution in [2.24, 2.45) is 5.41 Å². The first-order valence-electron chi connectivity index (χ1n) is 11.2. The summed E-state index contributed by atoms with van der Waals surface area (Å²) >= 11 is 0. The van der Waals surface area contributed by atoms with Crippen LogP contribution in [0.4, 0.5) is 36.8 Å². The molecule has 0 aliphatic carbocycles. The van der Waals surface area contributed by atoms with Crippen LogP contribution in [0, 0.1) is 5.41 Å². The fourth-order valence-corrected chi connectivity index (χ4v) is 2.82. The van der Waals surface area contributed by atoms with E-state index in [0.29, 0.717) is 5.56 Å². The van der Waals surface area contributed by atoms with Gasteiger partial charge in [0.1, 0.15) is 0 Å². The van der Waals surface area contributed by atoms with Gasteiger partial charge in [0.15, 0.2) is 13.2 Å². The highest BCUT2D eigenvalue weighted by atomic mass is 35.5. The lowest BCUT2D eigenvalue weighted by molar-refractivity contribution is -0.154. The molecule has 2 aromatic rings. The molecule has 0 aliphatic heterocycles. The molecule has 0 aromatic carbocycles. The Hall–Kier alpha value is -3.20. The minimum atomic E-state index is -4.57. The number of anilines is 1. The van der Waals surface area contributed by atoms with E-state index in [0.717, 1.165) is 5.01 Å². The maximum atomic E-state index is 13.1. The van der Waals surface area contributed by atoms with Gasteiger partial charge in [0.05, 0.1) is 18.3 Å². The fraction of sp³-hybridized carbons (Fsp3) is 0.522. The van der Waals surface area contributed by atoms with Crippen molar-refractivity contribution < 1.29 is 45.7 Å². The van der Waals surface area contributed by atoms with Gasteiger partial charge in [-0.05, 0) is 23.1 Å². The zero-order chi connectivity index (χ0) is 28.7. The van der Waals surface area contributed by atoms with Crippen LogP contribution in [-0.2, 0) is 6.54 Å².